The fourth-order valence-electron chi connectivity index (χ4n) is 3.53. The molecule has 0 aliphatic heterocycles. The first kappa shape index (κ1) is 21.0. The molecule has 0 spiro atoms. The van der Waals surface area contributed by atoms with Crippen LogP contribution in [0.4, 0.5) is 0 Å². The molecule has 4 aromatic rings. The molecule has 0 fully saturated rings. The van der Waals surface area contributed by atoms with E-state index in [1.165, 1.54) is 5.56 Å². The molecule has 0 aliphatic rings. The van der Waals surface area contributed by atoms with Gasteiger partial charge in [0.15, 0.2) is 6.54 Å². The van der Waals surface area contributed by atoms with Gasteiger partial charge in [0.1, 0.15) is 15.1 Å². The Hall–Kier alpha value is -2.26. The van der Waals surface area contributed by atoms with Crippen molar-refractivity contribution in [2.75, 3.05) is 12.9 Å². The average Bonchev–Trinajstić information content (AvgIpc) is 3.29. The Morgan fingerprint density at radius 3 is 2.77 bits per heavy atom. The van der Waals surface area contributed by atoms with Crippen molar-refractivity contribution in [1.82, 2.24) is 0 Å². The number of aromatic nitrogens is 1. The highest BCUT2D eigenvalue weighted by Gasteiger charge is 2.24. The summed E-state index contributed by atoms with van der Waals surface area (Å²) in [4.78, 5) is 0. The summed E-state index contributed by atoms with van der Waals surface area (Å²) in [6, 6.07) is 12.3. The van der Waals surface area contributed by atoms with Crippen molar-refractivity contribution < 1.29 is 22.3 Å². The van der Waals surface area contributed by atoms with Crippen LogP contribution in [0.2, 0.25) is 0 Å². The van der Waals surface area contributed by atoms with Gasteiger partial charge in [0.2, 0.25) is 5.52 Å². The molecule has 2 aromatic heterocycles. The van der Waals surface area contributed by atoms with Crippen LogP contribution in [0.1, 0.15) is 22.6 Å². The largest absolute Gasteiger partial charge is 0.748 e. The van der Waals surface area contributed by atoms with Crippen LogP contribution in [-0.4, -0.2) is 25.8 Å². The number of ether oxygens (including phenoxy) is 1. The second kappa shape index (κ2) is 8.47. The van der Waals surface area contributed by atoms with Crippen LogP contribution in [0.3, 0.4) is 0 Å². The van der Waals surface area contributed by atoms with E-state index in [0.29, 0.717) is 6.54 Å². The summed E-state index contributed by atoms with van der Waals surface area (Å²) in [5.74, 6) is 0.450. The topological polar surface area (TPSA) is 70.3 Å². The van der Waals surface area contributed by atoms with Gasteiger partial charge in [-0.2, -0.15) is 4.57 Å². The van der Waals surface area contributed by atoms with Crippen molar-refractivity contribution in [2.45, 2.75) is 19.9 Å². The van der Waals surface area contributed by atoms with Crippen molar-refractivity contribution >= 4 is 65.2 Å². The van der Waals surface area contributed by atoms with Crippen LogP contribution in [-0.2, 0) is 16.7 Å². The van der Waals surface area contributed by atoms with Crippen LogP contribution in [0.15, 0.2) is 41.8 Å². The SMILES string of the molecule is COc1cc2sc(C=Cc3cccc(C)c3)[n+](CCCS(=O)(=O)[O-])c2c2sccc12. The van der Waals surface area contributed by atoms with E-state index in [4.69, 9.17) is 4.74 Å². The molecule has 0 N–H and O–H groups in total. The predicted molar refractivity (Wildman–Crippen MR) is 123 cm³/mol. The summed E-state index contributed by atoms with van der Waals surface area (Å²) in [6.45, 7) is 2.51. The number of rotatable bonds is 7. The van der Waals surface area contributed by atoms with Crippen LogP contribution in [0.5, 0.6) is 5.75 Å². The fraction of sp³-hybridized carbons (Fsp3) is 0.227. The van der Waals surface area contributed by atoms with Gasteiger partial charge >= 0.3 is 0 Å². The fourth-order valence-corrected chi connectivity index (χ4v) is 6.17. The van der Waals surface area contributed by atoms with Gasteiger partial charge in [-0.05, 0) is 30.0 Å². The minimum Gasteiger partial charge on any atom is -0.748 e. The molecule has 156 valence electrons. The second-order valence-electron chi connectivity index (χ2n) is 7.04. The Morgan fingerprint density at radius 1 is 1.20 bits per heavy atom. The number of hydrogen-bond donors (Lipinski definition) is 0. The third kappa shape index (κ3) is 4.41. The maximum atomic E-state index is 11.1. The number of hydrogen-bond acceptors (Lipinski definition) is 6. The molecule has 30 heavy (non-hydrogen) atoms. The number of thiophene rings is 1. The quantitative estimate of drug-likeness (QED) is 0.293. The summed E-state index contributed by atoms with van der Waals surface area (Å²) in [6.07, 6.45) is 4.38. The highest BCUT2D eigenvalue weighted by atomic mass is 32.2. The minimum atomic E-state index is -4.24. The molecule has 0 unspecified atom stereocenters. The third-order valence-corrected chi connectivity index (χ3v) is 7.65. The number of aryl methyl sites for hydroxylation is 2. The molecular formula is C22H21NO4S3. The molecule has 0 amide bonds. The molecule has 0 radical (unpaired) electrons. The summed E-state index contributed by atoms with van der Waals surface area (Å²) in [7, 11) is -2.58. The van der Waals surface area contributed by atoms with Crippen molar-refractivity contribution in [3.05, 3.63) is 57.9 Å². The zero-order valence-electron chi connectivity index (χ0n) is 16.6. The van der Waals surface area contributed by atoms with Gasteiger partial charge in [0, 0.05) is 29.7 Å². The molecular weight excluding hydrogens is 438 g/mol. The first-order valence-corrected chi connectivity index (χ1v) is 12.7. The normalized spacial score (nSPS) is 12.4. The summed E-state index contributed by atoms with van der Waals surface area (Å²) in [5, 5.41) is 4.06. The second-order valence-corrected chi connectivity index (χ2v) is 10.5. The van der Waals surface area contributed by atoms with Gasteiger partial charge in [0.25, 0.3) is 5.01 Å². The smallest absolute Gasteiger partial charge is 0.262 e. The van der Waals surface area contributed by atoms with E-state index in [1.54, 1.807) is 29.8 Å². The van der Waals surface area contributed by atoms with Crippen molar-refractivity contribution in [3.8, 4) is 5.75 Å². The number of methoxy groups -OCH3 is 1. The highest BCUT2D eigenvalue weighted by molar-refractivity contribution is 7.85. The molecule has 0 saturated carbocycles. The summed E-state index contributed by atoms with van der Waals surface area (Å²) < 4.78 is 43.2. The molecule has 0 atom stereocenters. The molecule has 5 nitrogen and oxygen atoms in total. The summed E-state index contributed by atoms with van der Waals surface area (Å²) >= 11 is 3.26. The van der Waals surface area contributed by atoms with Crippen LogP contribution in [0, 0.1) is 6.92 Å². The maximum Gasteiger partial charge on any atom is 0.262 e. The number of thiazole rings is 1. The molecule has 0 bridgehead atoms. The van der Waals surface area contributed by atoms with Gasteiger partial charge in [-0.15, -0.1) is 11.3 Å². The molecule has 4 rings (SSSR count). The lowest BCUT2D eigenvalue weighted by atomic mass is 10.1. The minimum absolute atomic E-state index is 0.270. The number of fused-ring (bicyclic) bond motifs is 3. The Kier molecular flexibility index (Phi) is 5.92. The first-order valence-electron chi connectivity index (χ1n) is 9.44. The predicted octanol–water partition coefficient (Wildman–Crippen LogP) is 4.83. The highest BCUT2D eigenvalue weighted by Crippen LogP contribution is 2.38. The molecule has 8 heteroatoms. The van der Waals surface area contributed by atoms with Gasteiger partial charge in [-0.1, -0.05) is 41.2 Å². The van der Waals surface area contributed by atoms with E-state index < -0.39 is 10.1 Å². The Morgan fingerprint density at radius 2 is 2.03 bits per heavy atom. The van der Waals surface area contributed by atoms with E-state index in [0.717, 1.165) is 36.6 Å². The lowest BCUT2D eigenvalue weighted by Crippen LogP contribution is -2.36. The van der Waals surface area contributed by atoms with E-state index in [1.807, 2.05) is 29.6 Å². The molecule has 2 heterocycles. The zero-order valence-corrected chi connectivity index (χ0v) is 19.1. The lowest BCUT2D eigenvalue weighted by molar-refractivity contribution is -0.667. The first-order chi connectivity index (χ1) is 14.4. The Bertz CT molecular complexity index is 1350. The summed E-state index contributed by atoms with van der Waals surface area (Å²) in [5.41, 5.74) is 3.34. The third-order valence-electron chi connectivity index (χ3n) is 4.85. The van der Waals surface area contributed by atoms with Crippen molar-refractivity contribution in [3.63, 3.8) is 0 Å². The molecule has 0 saturated heterocycles. The van der Waals surface area contributed by atoms with Crippen molar-refractivity contribution in [2.24, 2.45) is 0 Å². The number of benzene rings is 2. The Balaban J connectivity index is 1.84. The van der Waals surface area contributed by atoms with E-state index in [2.05, 4.69) is 35.8 Å². The molecule has 2 aromatic carbocycles. The van der Waals surface area contributed by atoms with Crippen LogP contribution in [0.25, 0.3) is 32.5 Å². The van der Waals surface area contributed by atoms with Gasteiger partial charge in [0.05, 0.1) is 17.2 Å². The van der Waals surface area contributed by atoms with E-state index in [-0.39, 0.29) is 12.2 Å². The van der Waals surface area contributed by atoms with Crippen LogP contribution < -0.4 is 9.30 Å². The van der Waals surface area contributed by atoms with Gasteiger partial charge < -0.3 is 9.29 Å². The average molecular weight is 460 g/mol. The van der Waals surface area contributed by atoms with Crippen molar-refractivity contribution in [1.29, 1.82) is 0 Å². The molecule has 0 aliphatic carbocycles. The Labute approximate surface area is 183 Å². The van der Waals surface area contributed by atoms with E-state index in [9.17, 15) is 13.0 Å². The number of nitrogens with zero attached hydrogens (tertiary/aromatic N) is 1. The van der Waals surface area contributed by atoms with E-state index >= 15 is 0 Å². The monoisotopic (exact) mass is 459 g/mol. The lowest BCUT2D eigenvalue weighted by Gasteiger charge is -2.05. The standard InChI is InChI=1S/C22H21NO4S3/c1-15-5-3-6-16(13-15)7-8-20-23(10-4-12-30(24,25)26)21-19(29-20)14-18(27-2)17-9-11-28-22(17)21/h3,5-9,11,13-14H,4,10,12H2,1-2H3. The van der Waals surface area contributed by atoms with Gasteiger partial charge in [-0.3, -0.25) is 0 Å². The maximum absolute atomic E-state index is 11.1. The zero-order chi connectivity index (χ0) is 21.3. The van der Waals surface area contributed by atoms with Crippen LogP contribution >= 0.6 is 22.7 Å². The van der Waals surface area contributed by atoms with Gasteiger partial charge in [-0.25, -0.2) is 8.42 Å².